The van der Waals surface area contributed by atoms with Gasteiger partial charge in [-0.2, -0.15) is 0 Å². The highest BCUT2D eigenvalue weighted by atomic mass is 16.5. The fraction of sp³-hybridized carbons (Fsp3) is 0.900. The molecule has 1 fully saturated rings. The lowest BCUT2D eigenvalue weighted by atomic mass is 9.88. The Hall–Kier alpha value is -0.600. The molecule has 0 amide bonds. The molecule has 0 saturated carbocycles. The zero-order valence-corrected chi connectivity index (χ0v) is 29.1. The second-order valence-corrected chi connectivity index (χ2v) is 13.6. The molecule has 1 aliphatic heterocycles. The van der Waals surface area contributed by atoms with Crippen LogP contribution in [0, 0.1) is 0 Å². The minimum absolute atomic E-state index is 0.125. The van der Waals surface area contributed by atoms with E-state index in [2.05, 4.69) is 43.5 Å². The van der Waals surface area contributed by atoms with Gasteiger partial charge in [-0.3, -0.25) is 0 Å². The van der Waals surface area contributed by atoms with Crippen molar-refractivity contribution in [1.29, 1.82) is 0 Å². The van der Waals surface area contributed by atoms with Gasteiger partial charge in [-0.1, -0.05) is 167 Å². The second-order valence-electron chi connectivity index (χ2n) is 13.6. The Morgan fingerprint density at radius 1 is 0.452 bits per heavy atom. The van der Waals surface area contributed by atoms with Gasteiger partial charge in [-0.25, -0.2) is 0 Å². The average molecular weight is 588 g/mol. The van der Waals surface area contributed by atoms with E-state index < -0.39 is 0 Å². The summed E-state index contributed by atoms with van der Waals surface area (Å²) in [5.41, 5.74) is 0.125. The average Bonchev–Trinajstić information content (AvgIpc) is 3.01. The zero-order chi connectivity index (χ0) is 30.1. The number of morpholine rings is 1. The summed E-state index contributed by atoms with van der Waals surface area (Å²) in [5.74, 6) is 0. The van der Waals surface area contributed by atoms with Crippen molar-refractivity contribution in [2.75, 3.05) is 19.7 Å². The first-order valence-corrected chi connectivity index (χ1v) is 19.5. The molecule has 1 N–H and O–H groups in total. The number of hydrogen-bond donors (Lipinski definition) is 1. The van der Waals surface area contributed by atoms with E-state index in [4.69, 9.17) is 4.74 Å². The van der Waals surface area contributed by atoms with Crippen LogP contribution in [0.15, 0.2) is 24.3 Å². The van der Waals surface area contributed by atoms with Crippen molar-refractivity contribution in [3.8, 4) is 0 Å². The van der Waals surface area contributed by atoms with Gasteiger partial charge >= 0.3 is 0 Å². The van der Waals surface area contributed by atoms with Crippen molar-refractivity contribution >= 4 is 0 Å². The number of unbranched alkanes of at least 4 members (excludes halogenated alkanes) is 24. The molecule has 0 aromatic rings. The normalized spacial score (nSPS) is 17.7. The molecule has 0 unspecified atom stereocenters. The van der Waals surface area contributed by atoms with Crippen LogP contribution in [0.5, 0.6) is 0 Å². The van der Waals surface area contributed by atoms with Gasteiger partial charge in [0.05, 0.1) is 12.2 Å². The van der Waals surface area contributed by atoms with E-state index in [1.165, 1.54) is 193 Å². The lowest BCUT2D eigenvalue weighted by Crippen LogP contribution is -2.49. The number of ether oxygens (including phenoxy) is 1. The summed E-state index contributed by atoms with van der Waals surface area (Å²) in [7, 11) is 0. The Balaban J connectivity index is 1.95. The quantitative estimate of drug-likeness (QED) is 0.0624. The van der Waals surface area contributed by atoms with Crippen molar-refractivity contribution in [2.24, 2.45) is 0 Å². The van der Waals surface area contributed by atoms with Gasteiger partial charge in [0.2, 0.25) is 0 Å². The first-order chi connectivity index (χ1) is 20.8. The van der Waals surface area contributed by atoms with E-state index in [-0.39, 0.29) is 5.60 Å². The van der Waals surface area contributed by atoms with Crippen LogP contribution >= 0.6 is 0 Å². The van der Waals surface area contributed by atoms with Gasteiger partial charge in [0.1, 0.15) is 0 Å². The largest absolute Gasteiger partial charge is 0.372 e. The molecule has 248 valence electrons. The van der Waals surface area contributed by atoms with Gasteiger partial charge < -0.3 is 10.1 Å². The molecule has 2 nitrogen and oxygen atoms in total. The molecule has 0 aromatic carbocycles. The van der Waals surface area contributed by atoms with Crippen LogP contribution in [-0.4, -0.2) is 25.3 Å². The highest BCUT2D eigenvalue weighted by Crippen LogP contribution is 2.28. The molecular formula is C40H77NO. The maximum atomic E-state index is 6.44. The summed E-state index contributed by atoms with van der Waals surface area (Å²) in [6.07, 6.45) is 50.9. The number of rotatable bonds is 32. The van der Waals surface area contributed by atoms with E-state index in [0.717, 1.165) is 19.7 Å². The van der Waals surface area contributed by atoms with Crippen LogP contribution < -0.4 is 5.32 Å². The van der Waals surface area contributed by atoms with Crippen molar-refractivity contribution in [3.63, 3.8) is 0 Å². The van der Waals surface area contributed by atoms with E-state index >= 15 is 0 Å². The van der Waals surface area contributed by atoms with Crippen molar-refractivity contribution in [2.45, 2.75) is 212 Å². The van der Waals surface area contributed by atoms with Crippen LogP contribution in [0.4, 0.5) is 0 Å². The van der Waals surface area contributed by atoms with Crippen LogP contribution in [0.1, 0.15) is 206 Å². The molecule has 2 heteroatoms. The fourth-order valence-corrected chi connectivity index (χ4v) is 6.54. The molecule has 1 heterocycles. The lowest BCUT2D eigenvalue weighted by Gasteiger charge is -2.38. The molecule has 42 heavy (non-hydrogen) atoms. The van der Waals surface area contributed by atoms with E-state index in [9.17, 15) is 0 Å². The standard InChI is InChI=1S/C40H77NO/c1-3-5-7-9-11-13-15-17-19-21-23-25-27-29-31-33-35-40(39-41-37-38-42-40)36-34-32-30-28-26-24-22-20-18-16-14-12-10-8-6-4-2/h17-20,41H,3-16,21-39H2,1-2H3. The molecule has 0 aliphatic carbocycles. The Bertz CT molecular complexity index is 532. The molecule has 1 rings (SSSR count). The van der Waals surface area contributed by atoms with Crippen LogP contribution in [-0.2, 0) is 4.74 Å². The van der Waals surface area contributed by atoms with Crippen molar-refractivity contribution in [3.05, 3.63) is 24.3 Å². The third-order valence-corrected chi connectivity index (χ3v) is 9.42. The summed E-state index contributed by atoms with van der Waals surface area (Å²) >= 11 is 0. The predicted octanol–water partition coefficient (Wildman–Crippen LogP) is 13.2. The van der Waals surface area contributed by atoms with Gasteiger partial charge in [-0.05, 0) is 64.2 Å². The third kappa shape index (κ3) is 25.9. The predicted molar refractivity (Wildman–Crippen MR) is 190 cm³/mol. The highest BCUT2D eigenvalue weighted by Gasteiger charge is 2.31. The number of hydrogen-bond acceptors (Lipinski definition) is 2. The summed E-state index contributed by atoms with van der Waals surface area (Å²) in [4.78, 5) is 0. The summed E-state index contributed by atoms with van der Waals surface area (Å²) in [5, 5.41) is 3.65. The van der Waals surface area contributed by atoms with Crippen LogP contribution in [0.2, 0.25) is 0 Å². The van der Waals surface area contributed by atoms with Crippen molar-refractivity contribution in [1.82, 2.24) is 5.32 Å². The molecule has 0 radical (unpaired) electrons. The van der Waals surface area contributed by atoms with Gasteiger partial charge in [-0.15, -0.1) is 0 Å². The minimum atomic E-state index is 0.125. The number of nitrogens with one attached hydrogen (secondary N) is 1. The first-order valence-electron chi connectivity index (χ1n) is 19.5. The fourth-order valence-electron chi connectivity index (χ4n) is 6.54. The van der Waals surface area contributed by atoms with E-state index in [0.29, 0.717) is 0 Å². The van der Waals surface area contributed by atoms with Crippen LogP contribution in [0.25, 0.3) is 0 Å². The van der Waals surface area contributed by atoms with Crippen LogP contribution in [0.3, 0.4) is 0 Å². The Kier molecular flexibility index (Phi) is 29.9. The van der Waals surface area contributed by atoms with Crippen molar-refractivity contribution < 1.29 is 4.74 Å². The molecule has 1 saturated heterocycles. The molecular weight excluding hydrogens is 510 g/mol. The lowest BCUT2D eigenvalue weighted by molar-refractivity contribution is -0.0791. The Morgan fingerprint density at radius 3 is 1.12 bits per heavy atom. The number of allylic oxidation sites excluding steroid dienone is 4. The van der Waals surface area contributed by atoms with Gasteiger partial charge in [0.25, 0.3) is 0 Å². The molecule has 0 atom stereocenters. The SMILES string of the molecule is CCCCCCCCC=CCCCCCCCCC1(CCCCCCCCC=CCCCCCCCC)CNCCO1. The van der Waals surface area contributed by atoms with E-state index in [1.807, 2.05) is 0 Å². The zero-order valence-electron chi connectivity index (χ0n) is 29.1. The Morgan fingerprint density at radius 2 is 0.786 bits per heavy atom. The smallest absolute Gasteiger partial charge is 0.0806 e. The molecule has 0 bridgehead atoms. The summed E-state index contributed by atoms with van der Waals surface area (Å²) < 4.78 is 6.44. The molecule has 0 aromatic heterocycles. The van der Waals surface area contributed by atoms with Gasteiger partial charge in [0, 0.05) is 13.1 Å². The highest BCUT2D eigenvalue weighted by molar-refractivity contribution is 4.86. The Labute approximate surface area is 265 Å². The summed E-state index contributed by atoms with van der Waals surface area (Å²) in [6, 6.07) is 0. The monoisotopic (exact) mass is 588 g/mol. The topological polar surface area (TPSA) is 21.3 Å². The molecule has 0 spiro atoms. The van der Waals surface area contributed by atoms with E-state index in [1.54, 1.807) is 0 Å². The minimum Gasteiger partial charge on any atom is -0.372 e. The maximum Gasteiger partial charge on any atom is 0.0806 e. The third-order valence-electron chi connectivity index (χ3n) is 9.42. The second kappa shape index (κ2) is 31.8. The molecule has 1 aliphatic rings. The maximum absolute atomic E-state index is 6.44. The van der Waals surface area contributed by atoms with Gasteiger partial charge in [0.15, 0.2) is 0 Å². The first kappa shape index (κ1) is 39.4. The summed E-state index contributed by atoms with van der Waals surface area (Å²) in [6.45, 7) is 7.60.